The topological polar surface area (TPSA) is 17.0 Å². The molecule has 0 amide bonds. The second kappa shape index (κ2) is 5.72. The molecule has 1 aromatic heterocycles. The van der Waals surface area contributed by atoms with Crippen LogP contribution in [0.3, 0.4) is 0 Å². The van der Waals surface area contributed by atoms with Crippen molar-refractivity contribution in [3.05, 3.63) is 83.6 Å². The largest absolute Gasteiger partial charge is 0.345 e. The molecular weight excluding hydrogens is 316 g/mol. The van der Waals surface area contributed by atoms with Gasteiger partial charge in [0.05, 0.1) is 5.54 Å². The van der Waals surface area contributed by atoms with Crippen molar-refractivity contribution in [2.75, 3.05) is 6.54 Å². The number of rotatable bonds is 2. The minimum Gasteiger partial charge on any atom is -0.345 e. The van der Waals surface area contributed by atoms with E-state index in [0.29, 0.717) is 0 Å². The Morgan fingerprint density at radius 3 is 2.50 bits per heavy atom. The lowest BCUT2D eigenvalue weighted by Gasteiger charge is -2.40. The molecule has 0 bridgehead atoms. The van der Waals surface area contributed by atoms with E-state index in [4.69, 9.17) is 0 Å². The average Bonchev–Trinajstić information content (AvgIpc) is 3.01. The van der Waals surface area contributed by atoms with Crippen LogP contribution >= 0.6 is 0 Å². The Morgan fingerprint density at radius 1 is 0.923 bits per heavy atom. The van der Waals surface area contributed by atoms with Crippen molar-refractivity contribution in [2.45, 2.75) is 25.3 Å². The van der Waals surface area contributed by atoms with E-state index in [9.17, 15) is 0 Å². The number of nitrogens with zero attached hydrogens (tertiary/aromatic N) is 1. The summed E-state index contributed by atoms with van der Waals surface area (Å²) in [6, 6.07) is 24.3. The first kappa shape index (κ1) is 15.7. The van der Waals surface area contributed by atoms with E-state index in [1.807, 2.05) is 0 Å². The van der Waals surface area contributed by atoms with Gasteiger partial charge in [-0.2, -0.15) is 0 Å². The molecule has 2 nitrogen and oxygen atoms in total. The molecule has 0 saturated heterocycles. The maximum absolute atomic E-state index is 3.93. The van der Waals surface area contributed by atoms with Crippen LogP contribution in [0.2, 0.25) is 0 Å². The second-order valence-electron chi connectivity index (χ2n) is 7.37. The van der Waals surface area contributed by atoms with E-state index in [2.05, 4.69) is 90.6 Å². The molecule has 130 valence electrons. The van der Waals surface area contributed by atoms with Gasteiger partial charge in [0.1, 0.15) is 0 Å². The molecule has 2 heteroatoms. The maximum atomic E-state index is 3.93. The zero-order chi connectivity index (χ0) is 17.7. The van der Waals surface area contributed by atoms with Gasteiger partial charge in [-0.1, -0.05) is 67.6 Å². The molecule has 0 aliphatic carbocycles. The van der Waals surface area contributed by atoms with Crippen molar-refractivity contribution in [2.24, 2.45) is 7.05 Å². The summed E-state index contributed by atoms with van der Waals surface area (Å²) in [6.45, 7) is 3.32. The Kier molecular flexibility index (Phi) is 3.44. The van der Waals surface area contributed by atoms with E-state index in [1.165, 1.54) is 38.5 Å². The van der Waals surface area contributed by atoms with Crippen LogP contribution < -0.4 is 5.32 Å². The summed E-state index contributed by atoms with van der Waals surface area (Å²) in [5, 5.41) is 8.00. The normalized spacial score (nSPS) is 19.8. The molecule has 0 saturated carbocycles. The molecular formula is C24H24N2. The SMILES string of the molecule is CCC1(c2cccc3ccccc23)NCCc2c1n(C)c1ccccc21. The lowest BCUT2D eigenvalue weighted by molar-refractivity contribution is 0.352. The van der Waals surface area contributed by atoms with Crippen LogP contribution in [0.15, 0.2) is 66.7 Å². The third-order valence-corrected chi connectivity index (χ3v) is 6.20. The van der Waals surface area contributed by atoms with Crippen molar-refractivity contribution < 1.29 is 0 Å². The fourth-order valence-corrected chi connectivity index (χ4v) is 5.06. The zero-order valence-electron chi connectivity index (χ0n) is 15.4. The Morgan fingerprint density at radius 2 is 1.65 bits per heavy atom. The lowest BCUT2D eigenvalue weighted by Crippen LogP contribution is -2.49. The number of para-hydroxylation sites is 1. The van der Waals surface area contributed by atoms with E-state index < -0.39 is 0 Å². The Hall–Kier alpha value is -2.58. The quantitative estimate of drug-likeness (QED) is 0.535. The molecule has 26 heavy (non-hydrogen) atoms. The summed E-state index contributed by atoms with van der Waals surface area (Å²) in [7, 11) is 2.23. The van der Waals surface area contributed by atoms with Crippen molar-refractivity contribution in [1.29, 1.82) is 0 Å². The van der Waals surface area contributed by atoms with Crippen LogP contribution in [0.25, 0.3) is 21.7 Å². The number of benzene rings is 3. The molecule has 0 radical (unpaired) electrons. The highest BCUT2D eigenvalue weighted by atomic mass is 15.1. The van der Waals surface area contributed by atoms with Crippen LogP contribution in [0.1, 0.15) is 30.2 Å². The van der Waals surface area contributed by atoms with Crippen LogP contribution in [0.5, 0.6) is 0 Å². The van der Waals surface area contributed by atoms with Gasteiger partial charge in [0, 0.05) is 30.2 Å². The first-order valence-electron chi connectivity index (χ1n) is 9.56. The molecule has 1 aliphatic heterocycles. The van der Waals surface area contributed by atoms with Crippen LogP contribution in [-0.2, 0) is 19.0 Å². The van der Waals surface area contributed by atoms with Crippen molar-refractivity contribution >= 4 is 21.7 Å². The summed E-state index contributed by atoms with van der Waals surface area (Å²) in [5.41, 5.74) is 5.52. The smallest absolute Gasteiger partial charge is 0.0850 e. The summed E-state index contributed by atoms with van der Waals surface area (Å²) in [6.07, 6.45) is 2.11. The molecule has 1 N–H and O–H groups in total. The highest BCUT2D eigenvalue weighted by Gasteiger charge is 2.41. The van der Waals surface area contributed by atoms with Gasteiger partial charge in [-0.05, 0) is 40.8 Å². The maximum Gasteiger partial charge on any atom is 0.0850 e. The third-order valence-electron chi connectivity index (χ3n) is 6.20. The summed E-state index contributed by atoms with van der Waals surface area (Å²) in [5.74, 6) is 0. The first-order valence-corrected chi connectivity index (χ1v) is 9.56. The standard InChI is InChI=1S/C24H24N2/c1-3-24(21-13-8-10-17-9-4-5-11-18(17)21)23-20(15-16-25-24)19-12-6-7-14-22(19)26(23)2/h4-14,25H,3,15-16H2,1-2H3. The van der Waals surface area contributed by atoms with Crippen molar-refractivity contribution in [3.8, 4) is 0 Å². The minimum atomic E-state index is -0.151. The predicted octanol–water partition coefficient (Wildman–Crippen LogP) is 5.13. The molecule has 1 aliphatic rings. The third kappa shape index (κ3) is 1.96. The van der Waals surface area contributed by atoms with Gasteiger partial charge in [0.15, 0.2) is 0 Å². The molecule has 0 fully saturated rings. The van der Waals surface area contributed by atoms with Crippen molar-refractivity contribution in [3.63, 3.8) is 0 Å². The Balaban J connectivity index is 1.89. The van der Waals surface area contributed by atoms with Gasteiger partial charge in [-0.15, -0.1) is 0 Å². The van der Waals surface area contributed by atoms with Crippen LogP contribution in [0.4, 0.5) is 0 Å². The van der Waals surface area contributed by atoms with E-state index >= 15 is 0 Å². The molecule has 4 aromatic rings. The van der Waals surface area contributed by atoms with E-state index in [1.54, 1.807) is 0 Å². The highest BCUT2D eigenvalue weighted by Crippen LogP contribution is 2.43. The lowest BCUT2D eigenvalue weighted by atomic mass is 9.77. The van der Waals surface area contributed by atoms with Crippen molar-refractivity contribution in [1.82, 2.24) is 9.88 Å². The van der Waals surface area contributed by atoms with E-state index in [-0.39, 0.29) is 5.54 Å². The van der Waals surface area contributed by atoms with Gasteiger partial charge in [0.2, 0.25) is 0 Å². The minimum absolute atomic E-state index is 0.151. The molecule has 1 unspecified atom stereocenters. The molecule has 5 rings (SSSR count). The summed E-state index contributed by atoms with van der Waals surface area (Å²) >= 11 is 0. The fraction of sp³-hybridized carbons (Fsp3) is 0.250. The summed E-state index contributed by atoms with van der Waals surface area (Å²) < 4.78 is 2.42. The van der Waals surface area contributed by atoms with E-state index in [0.717, 1.165) is 19.4 Å². The fourth-order valence-electron chi connectivity index (χ4n) is 5.06. The Labute approximate surface area is 154 Å². The van der Waals surface area contributed by atoms with Gasteiger partial charge in [-0.25, -0.2) is 0 Å². The van der Waals surface area contributed by atoms with Gasteiger partial charge in [0.25, 0.3) is 0 Å². The number of nitrogens with one attached hydrogen (secondary N) is 1. The summed E-state index contributed by atoms with van der Waals surface area (Å²) in [4.78, 5) is 0. The number of aromatic nitrogens is 1. The molecule has 2 heterocycles. The van der Waals surface area contributed by atoms with Gasteiger partial charge < -0.3 is 9.88 Å². The Bertz CT molecular complexity index is 1120. The van der Waals surface area contributed by atoms with Gasteiger partial charge >= 0.3 is 0 Å². The predicted molar refractivity (Wildman–Crippen MR) is 110 cm³/mol. The second-order valence-corrected chi connectivity index (χ2v) is 7.37. The van der Waals surface area contributed by atoms with Crippen LogP contribution in [-0.4, -0.2) is 11.1 Å². The van der Waals surface area contributed by atoms with Gasteiger partial charge in [-0.3, -0.25) is 0 Å². The molecule has 0 spiro atoms. The number of aryl methyl sites for hydroxylation is 1. The van der Waals surface area contributed by atoms with Crippen LogP contribution in [0, 0.1) is 0 Å². The number of hydrogen-bond acceptors (Lipinski definition) is 1. The highest BCUT2D eigenvalue weighted by molar-refractivity contribution is 5.90. The number of hydrogen-bond donors (Lipinski definition) is 1. The number of fused-ring (bicyclic) bond motifs is 4. The average molecular weight is 340 g/mol. The first-order chi connectivity index (χ1) is 12.8. The monoisotopic (exact) mass is 340 g/mol. The molecule has 3 aromatic carbocycles. The zero-order valence-corrected chi connectivity index (χ0v) is 15.4. The molecule has 1 atom stereocenters.